The van der Waals surface area contributed by atoms with E-state index >= 15 is 0 Å². The van der Waals surface area contributed by atoms with Crippen LogP contribution in [0.25, 0.3) is 0 Å². The average molecular weight is 562 g/mol. The van der Waals surface area contributed by atoms with Crippen molar-refractivity contribution in [2.24, 2.45) is 11.8 Å². The molecule has 3 rings (SSSR count). The van der Waals surface area contributed by atoms with Crippen LogP contribution in [0.4, 0.5) is 0 Å². The second kappa shape index (κ2) is 14.0. The zero-order chi connectivity index (χ0) is 28.6. The summed E-state index contributed by atoms with van der Waals surface area (Å²) >= 11 is 6.03. The number of halogens is 1. The smallest absolute Gasteiger partial charge is 0.453 e. The van der Waals surface area contributed by atoms with E-state index in [-0.39, 0.29) is 30.8 Å². The SMILES string of the molecule is CC(C)CCOC(=O)C1(C(=O)OCCC(C)C)Oc2ccc(C[C@@H](C)NC[C@H](O)c3cccc(Cl)c3)cc2O1. The van der Waals surface area contributed by atoms with Crippen LogP contribution in [0, 0.1) is 11.8 Å². The van der Waals surface area contributed by atoms with Crippen LogP contribution in [0.2, 0.25) is 5.02 Å². The van der Waals surface area contributed by atoms with Gasteiger partial charge in [0.15, 0.2) is 11.5 Å². The van der Waals surface area contributed by atoms with Gasteiger partial charge in [-0.05, 0) is 73.4 Å². The number of hydrogen-bond acceptors (Lipinski definition) is 8. The van der Waals surface area contributed by atoms with Crippen molar-refractivity contribution in [3.8, 4) is 11.5 Å². The minimum atomic E-state index is -2.33. The maximum atomic E-state index is 13.1. The predicted octanol–water partition coefficient (Wildman–Crippen LogP) is 5.24. The number of benzene rings is 2. The van der Waals surface area contributed by atoms with Crippen LogP contribution in [0.3, 0.4) is 0 Å². The molecule has 0 radical (unpaired) electrons. The highest BCUT2D eigenvalue weighted by molar-refractivity contribution is 6.30. The summed E-state index contributed by atoms with van der Waals surface area (Å²) in [4.78, 5) is 26.2. The molecule has 1 heterocycles. The monoisotopic (exact) mass is 561 g/mol. The average Bonchev–Trinajstić information content (AvgIpc) is 3.27. The number of rotatable bonds is 14. The minimum Gasteiger partial charge on any atom is -0.459 e. The normalized spacial score (nSPS) is 15.3. The third kappa shape index (κ3) is 8.59. The van der Waals surface area contributed by atoms with Gasteiger partial charge in [0.25, 0.3) is 0 Å². The van der Waals surface area contributed by atoms with Crippen molar-refractivity contribution in [1.82, 2.24) is 5.32 Å². The summed E-state index contributed by atoms with van der Waals surface area (Å²) in [5.74, 6) is -3.03. The first-order valence-electron chi connectivity index (χ1n) is 13.5. The standard InChI is InChI=1S/C30H40ClNO7/c1-19(2)11-13-36-28(34)30(29(35)37-14-12-20(3)4)38-26-10-9-22(16-27(26)39-30)15-21(5)32-18-25(33)23-7-6-8-24(31)17-23/h6-10,16-17,19-21,25,32-33H,11-15,18H2,1-5H3/t21-,25+/m1/s1. The molecule has 0 bridgehead atoms. The molecule has 0 aliphatic carbocycles. The van der Waals surface area contributed by atoms with Crippen molar-refractivity contribution in [3.63, 3.8) is 0 Å². The summed E-state index contributed by atoms with van der Waals surface area (Å²) in [6.07, 6.45) is 1.17. The molecule has 0 saturated heterocycles. The second-order valence-electron chi connectivity index (χ2n) is 10.8. The Morgan fingerprint density at radius 1 is 0.923 bits per heavy atom. The van der Waals surface area contributed by atoms with Gasteiger partial charge in [-0.25, -0.2) is 9.59 Å². The fourth-order valence-electron chi connectivity index (χ4n) is 3.96. The Labute approximate surface area is 235 Å². The lowest BCUT2D eigenvalue weighted by molar-refractivity contribution is -0.203. The van der Waals surface area contributed by atoms with Crippen LogP contribution in [-0.2, 0) is 25.5 Å². The minimum absolute atomic E-state index is 0.00552. The van der Waals surface area contributed by atoms with Crippen molar-refractivity contribution in [2.45, 2.75) is 71.8 Å². The summed E-state index contributed by atoms with van der Waals surface area (Å²) < 4.78 is 22.4. The number of carbonyl (C=O) groups is 2. The molecule has 9 heteroatoms. The molecule has 39 heavy (non-hydrogen) atoms. The van der Waals surface area contributed by atoms with Crippen molar-refractivity contribution < 1.29 is 33.6 Å². The van der Waals surface area contributed by atoms with E-state index in [9.17, 15) is 14.7 Å². The number of esters is 2. The van der Waals surface area contributed by atoms with E-state index in [2.05, 4.69) is 5.32 Å². The first-order valence-corrected chi connectivity index (χ1v) is 13.9. The summed E-state index contributed by atoms with van der Waals surface area (Å²) in [6.45, 7) is 10.7. The Kier molecular flexibility index (Phi) is 11.0. The lowest BCUT2D eigenvalue weighted by Gasteiger charge is -2.23. The molecule has 2 aromatic carbocycles. The molecule has 0 saturated carbocycles. The molecule has 0 unspecified atom stereocenters. The van der Waals surface area contributed by atoms with E-state index in [1.165, 1.54) is 0 Å². The molecule has 2 N–H and O–H groups in total. The molecular weight excluding hydrogens is 522 g/mol. The fraction of sp³-hybridized carbons (Fsp3) is 0.533. The number of fused-ring (bicyclic) bond motifs is 1. The molecule has 1 aliphatic rings. The first kappa shape index (κ1) is 30.7. The van der Waals surface area contributed by atoms with E-state index in [0.29, 0.717) is 42.7 Å². The van der Waals surface area contributed by atoms with Gasteiger partial charge in [0.1, 0.15) is 0 Å². The molecule has 2 atom stereocenters. The van der Waals surface area contributed by atoms with Crippen LogP contribution in [0.5, 0.6) is 11.5 Å². The zero-order valence-electron chi connectivity index (χ0n) is 23.4. The van der Waals surface area contributed by atoms with Crippen LogP contribution in [0.1, 0.15) is 64.7 Å². The lowest BCUT2D eigenvalue weighted by Crippen LogP contribution is -2.56. The van der Waals surface area contributed by atoms with E-state index in [4.69, 9.17) is 30.5 Å². The Bertz CT molecular complexity index is 1090. The molecular formula is C30H40ClNO7. The van der Waals surface area contributed by atoms with E-state index in [1.54, 1.807) is 30.3 Å². The van der Waals surface area contributed by atoms with Crippen LogP contribution >= 0.6 is 11.6 Å². The summed E-state index contributed by atoms with van der Waals surface area (Å²) in [7, 11) is 0. The van der Waals surface area contributed by atoms with Gasteiger partial charge in [0, 0.05) is 17.6 Å². The number of nitrogens with one attached hydrogen (secondary N) is 1. The number of carbonyl (C=O) groups excluding carboxylic acids is 2. The van der Waals surface area contributed by atoms with Gasteiger partial charge in [-0.2, -0.15) is 0 Å². The number of hydrogen-bond donors (Lipinski definition) is 2. The molecule has 1 aliphatic heterocycles. The highest BCUT2D eigenvalue weighted by atomic mass is 35.5. The first-order chi connectivity index (χ1) is 18.5. The van der Waals surface area contributed by atoms with E-state index in [1.807, 2.05) is 46.8 Å². The quantitative estimate of drug-likeness (QED) is 0.238. The van der Waals surface area contributed by atoms with Crippen molar-refractivity contribution in [2.75, 3.05) is 19.8 Å². The van der Waals surface area contributed by atoms with Crippen LogP contribution in [-0.4, -0.2) is 48.6 Å². The van der Waals surface area contributed by atoms with Gasteiger partial charge in [0.2, 0.25) is 0 Å². The molecule has 8 nitrogen and oxygen atoms in total. The summed E-state index contributed by atoms with van der Waals surface area (Å²) in [5, 5.41) is 14.4. The number of aliphatic hydroxyl groups is 1. The van der Waals surface area contributed by atoms with Gasteiger partial charge in [0.05, 0.1) is 19.3 Å². The Balaban J connectivity index is 1.66. The fourth-order valence-corrected chi connectivity index (χ4v) is 4.16. The highest BCUT2D eigenvalue weighted by Gasteiger charge is 2.59. The maximum absolute atomic E-state index is 13.1. The van der Waals surface area contributed by atoms with Crippen LogP contribution < -0.4 is 14.8 Å². The van der Waals surface area contributed by atoms with Gasteiger partial charge < -0.3 is 29.4 Å². The molecule has 0 spiro atoms. The lowest BCUT2D eigenvalue weighted by atomic mass is 10.1. The third-order valence-electron chi connectivity index (χ3n) is 6.34. The molecule has 214 valence electrons. The zero-order valence-corrected chi connectivity index (χ0v) is 24.1. The Morgan fingerprint density at radius 3 is 2.13 bits per heavy atom. The van der Waals surface area contributed by atoms with Gasteiger partial charge in [-0.15, -0.1) is 0 Å². The topological polar surface area (TPSA) is 103 Å². The highest BCUT2D eigenvalue weighted by Crippen LogP contribution is 2.41. The summed E-state index contributed by atoms with van der Waals surface area (Å²) in [5.41, 5.74) is 1.63. The third-order valence-corrected chi connectivity index (χ3v) is 6.58. The molecule has 0 aromatic heterocycles. The van der Waals surface area contributed by atoms with Crippen molar-refractivity contribution >= 4 is 23.5 Å². The number of aliphatic hydroxyl groups excluding tert-OH is 1. The Hall–Kier alpha value is -2.81. The molecule has 0 fully saturated rings. The van der Waals surface area contributed by atoms with E-state index in [0.717, 1.165) is 11.1 Å². The van der Waals surface area contributed by atoms with E-state index < -0.39 is 23.8 Å². The molecule has 2 aromatic rings. The maximum Gasteiger partial charge on any atom is 0.453 e. The van der Waals surface area contributed by atoms with Crippen LogP contribution in [0.15, 0.2) is 42.5 Å². The summed E-state index contributed by atoms with van der Waals surface area (Å²) in [6, 6.07) is 12.4. The van der Waals surface area contributed by atoms with Crippen molar-refractivity contribution in [3.05, 3.63) is 58.6 Å². The van der Waals surface area contributed by atoms with Gasteiger partial charge >= 0.3 is 17.7 Å². The molecule has 0 amide bonds. The van der Waals surface area contributed by atoms with Gasteiger partial charge in [-0.3, -0.25) is 0 Å². The van der Waals surface area contributed by atoms with Crippen molar-refractivity contribution in [1.29, 1.82) is 0 Å². The Morgan fingerprint density at radius 2 is 1.54 bits per heavy atom. The second-order valence-corrected chi connectivity index (χ2v) is 11.3. The van der Waals surface area contributed by atoms with Gasteiger partial charge in [-0.1, -0.05) is 57.5 Å². The largest absolute Gasteiger partial charge is 0.459 e. The number of ether oxygens (including phenoxy) is 4. The predicted molar refractivity (Wildman–Crippen MR) is 149 cm³/mol.